The average molecular weight is 116 g/mol. The molecule has 0 bridgehead atoms. The fourth-order valence-electron chi connectivity index (χ4n) is 0.685. The zero-order valence-corrected chi connectivity index (χ0v) is 5.95. The number of hydrogen-bond acceptors (Lipinski definition) is 0. The molecule has 0 spiro atoms. The summed E-state index contributed by atoms with van der Waals surface area (Å²) in [5, 5.41) is 0. The average Bonchev–Trinajstić information content (AvgIpc) is 1.67. The van der Waals surface area contributed by atoms with Crippen molar-refractivity contribution in [3.63, 3.8) is 0 Å². The normalized spacial score (nSPS) is 17.9. The Morgan fingerprint density at radius 1 is 1.62 bits per heavy atom. The van der Waals surface area contributed by atoms with Gasteiger partial charge in [-0.05, 0) is 12.7 Å². The van der Waals surface area contributed by atoms with E-state index in [0.29, 0.717) is 0 Å². The molecule has 0 rings (SSSR count). The Morgan fingerprint density at radius 3 is 2.25 bits per heavy atom. The Labute approximate surface area is 51.9 Å². The van der Waals surface area contributed by atoms with Crippen molar-refractivity contribution in [2.45, 2.75) is 38.7 Å². The highest BCUT2D eigenvalue weighted by atomic mass is 19.1. The molecule has 0 aliphatic carbocycles. The minimum atomic E-state index is -0.630. The molecule has 0 aliphatic rings. The molecule has 0 saturated heterocycles. The summed E-state index contributed by atoms with van der Waals surface area (Å²) in [4.78, 5) is 0. The molecule has 48 valence electrons. The van der Waals surface area contributed by atoms with E-state index < -0.39 is 6.17 Å². The second-order valence-corrected chi connectivity index (χ2v) is 2.44. The van der Waals surface area contributed by atoms with Crippen LogP contribution in [0.4, 0.5) is 4.39 Å². The Hall–Kier alpha value is -0.00506. The zero-order valence-electron chi connectivity index (χ0n) is 5.95. The second-order valence-electron chi connectivity index (χ2n) is 2.44. The van der Waals surface area contributed by atoms with Gasteiger partial charge in [-0.1, -0.05) is 19.8 Å². The van der Waals surface area contributed by atoms with Crippen LogP contribution in [0.1, 0.15) is 26.7 Å². The van der Waals surface area contributed by atoms with Gasteiger partial charge in [-0.25, -0.2) is 4.39 Å². The predicted molar refractivity (Wildman–Crippen MR) is 37.8 cm³/mol. The smallest absolute Gasteiger partial charge is 0.109 e. The van der Waals surface area contributed by atoms with Crippen molar-refractivity contribution in [3.8, 4) is 0 Å². The van der Waals surface area contributed by atoms with Crippen molar-refractivity contribution in [3.05, 3.63) is 0 Å². The monoisotopic (exact) mass is 116 g/mol. The Kier molecular flexibility index (Phi) is 3.93. The first-order valence-corrected chi connectivity index (χ1v) is 3.32. The van der Waals surface area contributed by atoms with E-state index in [-0.39, 0.29) is 5.82 Å². The highest BCUT2D eigenvalue weighted by molar-refractivity contribution is 6.12. The molecule has 0 amide bonds. The molecule has 0 fully saturated rings. The van der Waals surface area contributed by atoms with Crippen molar-refractivity contribution in [2.75, 3.05) is 0 Å². The van der Waals surface area contributed by atoms with E-state index >= 15 is 0 Å². The van der Waals surface area contributed by atoms with Crippen LogP contribution in [0.3, 0.4) is 0 Å². The van der Waals surface area contributed by atoms with Crippen LogP contribution in [-0.4, -0.2) is 14.0 Å². The van der Waals surface area contributed by atoms with E-state index in [1.54, 1.807) is 6.92 Å². The Bertz CT molecular complexity index is 54.5. The maximum Gasteiger partial charge on any atom is 0.109 e. The first-order chi connectivity index (χ1) is 3.68. The first-order valence-electron chi connectivity index (χ1n) is 3.32. The number of halogens is 1. The molecule has 0 aromatic heterocycles. The molecule has 2 unspecified atom stereocenters. The molecule has 0 radical (unpaired) electrons. The molecule has 0 aromatic rings. The molecule has 0 aliphatic heterocycles. The molecule has 0 saturated carbocycles. The van der Waals surface area contributed by atoms with Gasteiger partial charge in [-0.15, -0.1) is 0 Å². The van der Waals surface area contributed by atoms with Crippen LogP contribution in [0.15, 0.2) is 0 Å². The summed E-state index contributed by atoms with van der Waals surface area (Å²) in [5.74, 6) is 0.250. The first kappa shape index (κ1) is 7.99. The standard InChI is InChI=1S/C6H14BF/c1-3-4-6(7)5(2)8/h5-6H,3-4,7H2,1-2H3. The highest BCUT2D eigenvalue weighted by Crippen LogP contribution is 2.15. The van der Waals surface area contributed by atoms with E-state index in [0.717, 1.165) is 12.8 Å². The van der Waals surface area contributed by atoms with Crippen LogP contribution in [0.2, 0.25) is 5.82 Å². The van der Waals surface area contributed by atoms with Crippen LogP contribution in [0, 0.1) is 0 Å². The fraction of sp³-hybridized carbons (Fsp3) is 1.00. The lowest BCUT2D eigenvalue weighted by atomic mass is 9.80. The summed E-state index contributed by atoms with van der Waals surface area (Å²) in [6.45, 7) is 3.71. The van der Waals surface area contributed by atoms with Gasteiger partial charge >= 0.3 is 0 Å². The zero-order chi connectivity index (χ0) is 6.57. The van der Waals surface area contributed by atoms with E-state index in [4.69, 9.17) is 0 Å². The van der Waals surface area contributed by atoms with Gasteiger partial charge in [0.05, 0.1) is 6.17 Å². The highest BCUT2D eigenvalue weighted by Gasteiger charge is 2.07. The van der Waals surface area contributed by atoms with Crippen molar-refractivity contribution in [1.29, 1.82) is 0 Å². The molecule has 0 N–H and O–H groups in total. The summed E-state index contributed by atoms with van der Waals surface area (Å²) < 4.78 is 12.3. The van der Waals surface area contributed by atoms with Crippen molar-refractivity contribution >= 4 is 7.85 Å². The number of hydrogen-bond donors (Lipinski definition) is 0. The molecule has 2 heteroatoms. The molecular weight excluding hydrogens is 102 g/mol. The summed E-state index contributed by atoms with van der Waals surface area (Å²) in [7, 11) is 1.95. The van der Waals surface area contributed by atoms with Gasteiger partial charge in [0, 0.05) is 0 Å². The lowest BCUT2D eigenvalue weighted by molar-refractivity contribution is 0.334. The third-order valence-electron chi connectivity index (χ3n) is 1.53. The van der Waals surface area contributed by atoms with Gasteiger partial charge in [-0.3, -0.25) is 0 Å². The Balaban J connectivity index is 3.17. The van der Waals surface area contributed by atoms with Gasteiger partial charge in [0.25, 0.3) is 0 Å². The topological polar surface area (TPSA) is 0 Å². The molecular formula is C6H14BF. The lowest BCUT2D eigenvalue weighted by Gasteiger charge is -2.09. The minimum Gasteiger partial charge on any atom is -0.248 e. The molecule has 8 heavy (non-hydrogen) atoms. The fourth-order valence-corrected chi connectivity index (χ4v) is 0.685. The van der Waals surface area contributed by atoms with Crippen molar-refractivity contribution in [2.24, 2.45) is 0 Å². The number of alkyl halides is 1. The molecule has 0 heterocycles. The van der Waals surface area contributed by atoms with Crippen LogP contribution < -0.4 is 0 Å². The summed E-state index contributed by atoms with van der Waals surface area (Å²) in [6.07, 6.45) is 1.47. The van der Waals surface area contributed by atoms with Crippen LogP contribution in [0.5, 0.6) is 0 Å². The van der Waals surface area contributed by atoms with Crippen molar-refractivity contribution < 1.29 is 4.39 Å². The van der Waals surface area contributed by atoms with Crippen LogP contribution >= 0.6 is 0 Å². The van der Waals surface area contributed by atoms with Gasteiger partial charge in [0.1, 0.15) is 7.85 Å². The van der Waals surface area contributed by atoms with Gasteiger partial charge in [-0.2, -0.15) is 0 Å². The maximum absolute atomic E-state index is 12.3. The maximum atomic E-state index is 12.3. The van der Waals surface area contributed by atoms with E-state index in [1.807, 2.05) is 7.85 Å². The Morgan fingerprint density at radius 2 is 2.12 bits per heavy atom. The predicted octanol–water partition coefficient (Wildman–Crippen LogP) is 1.57. The van der Waals surface area contributed by atoms with E-state index in [2.05, 4.69) is 6.92 Å². The van der Waals surface area contributed by atoms with E-state index in [1.165, 1.54) is 0 Å². The quantitative estimate of drug-likeness (QED) is 0.491. The van der Waals surface area contributed by atoms with Crippen LogP contribution in [0.25, 0.3) is 0 Å². The van der Waals surface area contributed by atoms with Gasteiger partial charge in [0.15, 0.2) is 0 Å². The third-order valence-corrected chi connectivity index (χ3v) is 1.53. The second kappa shape index (κ2) is 3.93. The SMILES string of the molecule is BC(CCC)C(C)F. The number of rotatable bonds is 3. The third kappa shape index (κ3) is 3.06. The van der Waals surface area contributed by atoms with Gasteiger partial charge < -0.3 is 0 Å². The molecule has 0 aromatic carbocycles. The summed E-state index contributed by atoms with van der Waals surface area (Å²) >= 11 is 0. The summed E-state index contributed by atoms with van der Waals surface area (Å²) in [5.41, 5.74) is 0. The molecule has 0 nitrogen and oxygen atoms in total. The van der Waals surface area contributed by atoms with Crippen molar-refractivity contribution in [1.82, 2.24) is 0 Å². The largest absolute Gasteiger partial charge is 0.248 e. The van der Waals surface area contributed by atoms with Gasteiger partial charge in [0.2, 0.25) is 0 Å². The van der Waals surface area contributed by atoms with E-state index in [9.17, 15) is 4.39 Å². The minimum absolute atomic E-state index is 0.250. The summed E-state index contributed by atoms with van der Waals surface area (Å²) in [6, 6.07) is 0. The lowest BCUT2D eigenvalue weighted by Crippen LogP contribution is -2.04. The molecule has 2 atom stereocenters. The van der Waals surface area contributed by atoms with Crippen LogP contribution in [-0.2, 0) is 0 Å².